The molecule has 3 nitrogen and oxygen atoms in total. The number of aromatic nitrogens is 1. The molecule has 1 aromatic carbocycles. The third-order valence-electron chi connectivity index (χ3n) is 2.51. The molecule has 0 saturated carbocycles. The topological polar surface area (TPSA) is 42.0 Å². The highest BCUT2D eigenvalue weighted by Crippen LogP contribution is 2.15. The minimum absolute atomic E-state index is 0.138. The second-order valence-corrected chi connectivity index (χ2v) is 4.78. The van der Waals surface area contributed by atoms with Crippen molar-refractivity contribution >= 4 is 23.5 Å². The molecule has 1 N–H and O–H groups in total. The van der Waals surface area contributed by atoms with Crippen molar-refractivity contribution in [2.75, 3.05) is 11.6 Å². The van der Waals surface area contributed by atoms with Crippen LogP contribution in [0.2, 0.25) is 0 Å². The van der Waals surface area contributed by atoms with Crippen LogP contribution in [-0.2, 0) is 0 Å². The Labute approximate surface area is 111 Å². The fraction of sp³-hybridized carbons (Fsp3) is 0.143. The Balaban J connectivity index is 2.11. The van der Waals surface area contributed by atoms with E-state index in [1.54, 1.807) is 18.0 Å². The van der Waals surface area contributed by atoms with Gasteiger partial charge in [0, 0.05) is 16.7 Å². The molecule has 0 atom stereocenters. The Kier molecular flexibility index (Phi) is 3.99. The maximum Gasteiger partial charge on any atom is 0.256 e. The normalized spacial score (nSPS) is 10.1. The van der Waals surface area contributed by atoms with Crippen LogP contribution in [-0.4, -0.2) is 17.1 Å². The maximum absolute atomic E-state index is 12.0. The number of carbonyl (C=O) groups excluding carboxylic acids is 1. The lowest BCUT2D eigenvalue weighted by Gasteiger charge is -2.05. The number of hydrogen-bond acceptors (Lipinski definition) is 3. The highest BCUT2D eigenvalue weighted by atomic mass is 32.2. The lowest BCUT2D eigenvalue weighted by molar-refractivity contribution is 0.102. The predicted octanol–water partition coefficient (Wildman–Crippen LogP) is 3.36. The quantitative estimate of drug-likeness (QED) is 0.858. The molecular weight excluding hydrogens is 244 g/mol. The molecule has 0 spiro atoms. The van der Waals surface area contributed by atoms with Crippen LogP contribution in [0.25, 0.3) is 0 Å². The molecule has 1 amide bonds. The number of carbonyl (C=O) groups is 1. The first kappa shape index (κ1) is 12.6. The van der Waals surface area contributed by atoms with E-state index in [9.17, 15) is 4.79 Å². The molecule has 2 rings (SSSR count). The van der Waals surface area contributed by atoms with E-state index < -0.39 is 0 Å². The Bertz CT molecular complexity index is 552. The van der Waals surface area contributed by atoms with Crippen molar-refractivity contribution in [1.29, 1.82) is 0 Å². The summed E-state index contributed by atoms with van der Waals surface area (Å²) in [6.07, 6.45) is 3.69. The van der Waals surface area contributed by atoms with Gasteiger partial charge in [-0.3, -0.25) is 4.79 Å². The van der Waals surface area contributed by atoms with Crippen molar-refractivity contribution in [2.24, 2.45) is 0 Å². The molecule has 0 fully saturated rings. The molecule has 1 heterocycles. The Morgan fingerprint density at radius 1 is 1.22 bits per heavy atom. The van der Waals surface area contributed by atoms with Gasteiger partial charge in [0.05, 0.1) is 0 Å². The zero-order valence-electron chi connectivity index (χ0n) is 10.3. The van der Waals surface area contributed by atoms with Gasteiger partial charge in [-0.2, -0.15) is 0 Å². The molecular formula is C14H14N2OS. The molecule has 0 aliphatic carbocycles. The minimum atomic E-state index is -0.138. The molecule has 0 saturated heterocycles. The van der Waals surface area contributed by atoms with Gasteiger partial charge in [-0.05, 0) is 55.1 Å². The van der Waals surface area contributed by atoms with Crippen LogP contribution in [0.15, 0.2) is 47.5 Å². The fourth-order valence-corrected chi connectivity index (χ4v) is 1.94. The van der Waals surface area contributed by atoms with Gasteiger partial charge in [0.2, 0.25) is 0 Å². The second-order valence-electron chi connectivity index (χ2n) is 3.90. The number of hydrogen-bond donors (Lipinski definition) is 1. The number of pyridine rings is 1. The van der Waals surface area contributed by atoms with E-state index in [1.165, 1.54) is 0 Å². The van der Waals surface area contributed by atoms with Gasteiger partial charge in [-0.15, -0.1) is 11.8 Å². The smallest absolute Gasteiger partial charge is 0.256 e. The van der Waals surface area contributed by atoms with Crippen molar-refractivity contribution in [3.8, 4) is 0 Å². The number of anilines is 1. The number of aryl methyl sites for hydroxylation is 1. The van der Waals surface area contributed by atoms with Crippen LogP contribution in [0.3, 0.4) is 0 Å². The summed E-state index contributed by atoms with van der Waals surface area (Å²) in [6, 6.07) is 11.2. The average Bonchev–Trinajstić information content (AvgIpc) is 2.39. The Morgan fingerprint density at radius 2 is 1.94 bits per heavy atom. The van der Waals surface area contributed by atoms with Crippen molar-refractivity contribution < 1.29 is 4.79 Å². The predicted molar refractivity (Wildman–Crippen MR) is 75.2 cm³/mol. The highest BCUT2D eigenvalue weighted by Gasteiger charge is 2.06. The summed E-state index contributed by atoms with van der Waals surface area (Å²) in [6.45, 7) is 1.96. The van der Waals surface area contributed by atoms with Gasteiger partial charge in [0.25, 0.3) is 5.91 Å². The molecule has 0 aliphatic rings. The molecule has 92 valence electrons. The van der Waals surface area contributed by atoms with Crippen molar-refractivity contribution in [2.45, 2.75) is 11.8 Å². The Morgan fingerprint density at radius 3 is 2.56 bits per heavy atom. The van der Waals surface area contributed by atoms with Gasteiger partial charge >= 0.3 is 0 Å². The lowest BCUT2D eigenvalue weighted by atomic mass is 10.2. The standard InChI is InChI=1S/C14H14N2OS/c1-10-7-8-15-13(9-10)16-14(17)11-3-5-12(18-2)6-4-11/h3-9H,1-2H3,(H,15,16,17). The van der Waals surface area contributed by atoms with E-state index >= 15 is 0 Å². The van der Waals surface area contributed by atoms with Crippen LogP contribution < -0.4 is 5.32 Å². The zero-order chi connectivity index (χ0) is 13.0. The summed E-state index contributed by atoms with van der Waals surface area (Å²) in [5.41, 5.74) is 1.70. The fourth-order valence-electron chi connectivity index (χ4n) is 1.54. The van der Waals surface area contributed by atoms with Crippen LogP contribution in [0, 0.1) is 6.92 Å². The van der Waals surface area contributed by atoms with Crippen LogP contribution in [0.5, 0.6) is 0 Å². The van der Waals surface area contributed by atoms with Crippen LogP contribution >= 0.6 is 11.8 Å². The first-order valence-corrected chi connectivity index (χ1v) is 6.79. The summed E-state index contributed by atoms with van der Waals surface area (Å²) < 4.78 is 0. The zero-order valence-corrected chi connectivity index (χ0v) is 11.1. The van der Waals surface area contributed by atoms with Gasteiger partial charge in [-0.25, -0.2) is 4.98 Å². The summed E-state index contributed by atoms with van der Waals surface area (Å²) >= 11 is 1.65. The largest absolute Gasteiger partial charge is 0.307 e. The van der Waals surface area contributed by atoms with Crippen molar-refractivity contribution in [3.63, 3.8) is 0 Å². The lowest BCUT2D eigenvalue weighted by Crippen LogP contribution is -2.12. The van der Waals surface area contributed by atoms with Gasteiger partial charge in [0.1, 0.15) is 5.82 Å². The maximum atomic E-state index is 12.0. The monoisotopic (exact) mass is 258 g/mol. The first-order valence-electron chi connectivity index (χ1n) is 5.57. The van der Waals surface area contributed by atoms with E-state index in [0.717, 1.165) is 10.5 Å². The van der Waals surface area contributed by atoms with E-state index in [2.05, 4.69) is 10.3 Å². The molecule has 1 aromatic heterocycles. The summed E-state index contributed by atoms with van der Waals surface area (Å²) in [5.74, 6) is 0.440. The molecule has 18 heavy (non-hydrogen) atoms. The number of benzene rings is 1. The molecule has 4 heteroatoms. The van der Waals surface area contributed by atoms with Crippen LogP contribution in [0.4, 0.5) is 5.82 Å². The number of thioether (sulfide) groups is 1. The van der Waals surface area contributed by atoms with Crippen molar-refractivity contribution in [3.05, 3.63) is 53.7 Å². The average molecular weight is 258 g/mol. The highest BCUT2D eigenvalue weighted by molar-refractivity contribution is 7.98. The number of nitrogens with one attached hydrogen (secondary N) is 1. The van der Waals surface area contributed by atoms with Gasteiger partial charge in [0.15, 0.2) is 0 Å². The summed E-state index contributed by atoms with van der Waals surface area (Å²) in [7, 11) is 0. The van der Waals surface area contributed by atoms with E-state index in [-0.39, 0.29) is 5.91 Å². The molecule has 0 aliphatic heterocycles. The van der Waals surface area contributed by atoms with E-state index in [4.69, 9.17) is 0 Å². The van der Waals surface area contributed by atoms with Gasteiger partial charge in [-0.1, -0.05) is 0 Å². The Hall–Kier alpha value is -1.81. The SMILES string of the molecule is CSc1ccc(C(=O)Nc2cc(C)ccn2)cc1. The minimum Gasteiger partial charge on any atom is -0.307 e. The number of nitrogens with zero attached hydrogens (tertiary/aromatic N) is 1. The number of rotatable bonds is 3. The van der Waals surface area contributed by atoms with E-state index in [0.29, 0.717) is 11.4 Å². The molecule has 0 bridgehead atoms. The van der Waals surface area contributed by atoms with Crippen molar-refractivity contribution in [1.82, 2.24) is 4.98 Å². The molecule has 0 radical (unpaired) electrons. The first-order chi connectivity index (χ1) is 8.69. The number of amides is 1. The summed E-state index contributed by atoms with van der Waals surface area (Å²) in [5, 5.41) is 2.78. The molecule has 2 aromatic rings. The third-order valence-corrected chi connectivity index (χ3v) is 3.25. The molecule has 0 unspecified atom stereocenters. The van der Waals surface area contributed by atoms with Crippen LogP contribution in [0.1, 0.15) is 15.9 Å². The third kappa shape index (κ3) is 3.11. The van der Waals surface area contributed by atoms with Gasteiger partial charge < -0.3 is 5.32 Å². The van der Waals surface area contributed by atoms with E-state index in [1.807, 2.05) is 49.6 Å². The summed E-state index contributed by atoms with van der Waals surface area (Å²) in [4.78, 5) is 17.2. The second kappa shape index (κ2) is 5.69.